The van der Waals surface area contributed by atoms with Crippen molar-refractivity contribution in [3.63, 3.8) is 0 Å². The summed E-state index contributed by atoms with van der Waals surface area (Å²) in [5.41, 5.74) is 3.96. The van der Waals surface area contributed by atoms with Gasteiger partial charge < -0.3 is 10.2 Å². The number of fused-ring (bicyclic) bond motifs is 1. The lowest BCUT2D eigenvalue weighted by atomic mass is 9.96. The Morgan fingerprint density at radius 2 is 1.89 bits per heavy atom. The first kappa shape index (κ1) is 23.4. The molecule has 2 atom stereocenters. The highest BCUT2D eigenvalue weighted by Gasteiger charge is 2.29. The van der Waals surface area contributed by atoms with Crippen molar-refractivity contribution in [2.75, 3.05) is 24.2 Å². The van der Waals surface area contributed by atoms with Gasteiger partial charge in [-0.05, 0) is 62.8 Å². The molecule has 5 rings (SSSR count). The molecule has 4 aromatic rings. The van der Waals surface area contributed by atoms with Crippen LogP contribution in [0.3, 0.4) is 0 Å². The van der Waals surface area contributed by atoms with Gasteiger partial charge in [0.15, 0.2) is 5.65 Å². The molecule has 2 aromatic heterocycles. The lowest BCUT2D eigenvalue weighted by Crippen LogP contribution is -2.44. The van der Waals surface area contributed by atoms with E-state index in [1.165, 1.54) is 10.5 Å². The van der Waals surface area contributed by atoms with Crippen LogP contribution in [0.15, 0.2) is 66.0 Å². The van der Waals surface area contributed by atoms with Crippen LogP contribution in [-0.4, -0.2) is 45.0 Å². The molecule has 0 radical (unpaired) electrons. The zero-order valence-electron chi connectivity index (χ0n) is 20.3. The number of carbonyl (C=O) groups is 1. The van der Waals surface area contributed by atoms with E-state index in [0.717, 1.165) is 41.8 Å². The zero-order chi connectivity index (χ0) is 24.4. The first-order valence-electron chi connectivity index (χ1n) is 12.0. The molecule has 0 aliphatic carbocycles. The number of thioether (sulfide) groups is 1. The minimum Gasteiger partial charge on any atom is -0.355 e. The molecule has 0 unspecified atom stereocenters. The van der Waals surface area contributed by atoms with E-state index >= 15 is 0 Å². The first-order chi connectivity index (χ1) is 17.0. The van der Waals surface area contributed by atoms with Crippen molar-refractivity contribution in [1.82, 2.24) is 25.1 Å². The topological polar surface area (TPSA) is 75.9 Å². The largest absolute Gasteiger partial charge is 0.355 e. The molecule has 0 saturated carbocycles. The number of nitrogens with one attached hydrogen (secondary N) is 1. The molecule has 35 heavy (non-hydrogen) atoms. The molecule has 8 heteroatoms. The molecule has 1 fully saturated rings. The van der Waals surface area contributed by atoms with Gasteiger partial charge in [0, 0.05) is 24.2 Å². The zero-order valence-corrected chi connectivity index (χ0v) is 21.1. The Morgan fingerprint density at radius 3 is 2.63 bits per heavy atom. The van der Waals surface area contributed by atoms with Crippen molar-refractivity contribution in [2.24, 2.45) is 5.92 Å². The number of hydrogen-bond acceptors (Lipinski definition) is 6. The van der Waals surface area contributed by atoms with E-state index in [2.05, 4.69) is 74.9 Å². The second-order valence-electron chi connectivity index (χ2n) is 9.13. The van der Waals surface area contributed by atoms with E-state index in [4.69, 9.17) is 0 Å². The van der Waals surface area contributed by atoms with Gasteiger partial charge in [0.2, 0.25) is 5.91 Å². The first-order valence-corrected chi connectivity index (χ1v) is 13.2. The quantitative estimate of drug-likeness (QED) is 0.389. The van der Waals surface area contributed by atoms with Gasteiger partial charge in [0.25, 0.3) is 0 Å². The van der Waals surface area contributed by atoms with Crippen LogP contribution in [0.1, 0.15) is 36.9 Å². The van der Waals surface area contributed by atoms with E-state index in [1.54, 1.807) is 18.1 Å². The van der Waals surface area contributed by atoms with Crippen LogP contribution in [-0.2, 0) is 4.79 Å². The van der Waals surface area contributed by atoms with Crippen molar-refractivity contribution in [2.45, 2.75) is 37.6 Å². The van der Waals surface area contributed by atoms with Gasteiger partial charge in [-0.3, -0.25) is 4.79 Å². The molecular weight excluding hydrogens is 456 g/mol. The summed E-state index contributed by atoms with van der Waals surface area (Å²) in [6.07, 6.45) is 7.42. The highest BCUT2D eigenvalue weighted by molar-refractivity contribution is 7.98. The minimum atomic E-state index is -0.0890. The molecule has 1 aliphatic rings. The molecule has 1 saturated heterocycles. The van der Waals surface area contributed by atoms with Gasteiger partial charge in [0.05, 0.1) is 23.0 Å². The van der Waals surface area contributed by atoms with E-state index in [-0.39, 0.29) is 17.9 Å². The molecule has 3 heterocycles. The molecule has 7 nitrogen and oxygen atoms in total. The number of rotatable bonds is 6. The lowest BCUT2D eigenvalue weighted by molar-refractivity contribution is -0.125. The van der Waals surface area contributed by atoms with Crippen LogP contribution < -0.4 is 10.2 Å². The maximum absolute atomic E-state index is 13.2. The van der Waals surface area contributed by atoms with Gasteiger partial charge in [0.1, 0.15) is 12.1 Å². The maximum atomic E-state index is 13.2. The second kappa shape index (κ2) is 10.1. The monoisotopic (exact) mass is 486 g/mol. The number of benzene rings is 2. The average Bonchev–Trinajstić information content (AvgIpc) is 3.33. The summed E-state index contributed by atoms with van der Waals surface area (Å²) >= 11 is 1.72. The van der Waals surface area contributed by atoms with E-state index in [0.29, 0.717) is 12.2 Å². The summed E-state index contributed by atoms with van der Waals surface area (Å²) in [7, 11) is 0. The fraction of sp³-hybridized carbons (Fsp3) is 0.333. The molecule has 180 valence electrons. The van der Waals surface area contributed by atoms with Gasteiger partial charge in [-0.2, -0.15) is 0 Å². The fourth-order valence-corrected chi connectivity index (χ4v) is 5.01. The molecule has 1 aliphatic heterocycles. The highest BCUT2D eigenvalue weighted by Crippen LogP contribution is 2.28. The van der Waals surface area contributed by atoms with E-state index in [9.17, 15) is 4.79 Å². The van der Waals surface area contributed by atoms with Crippen molar-refractivity contribution in [1.29, 1.82) is 0 Å². The van der Waals surface area contributed by atoms with E-state index in [1.807, 2.05) is 29.9 Å². The Kier molecular flexibility index (Phi) is 6.72. The van der Waals surface area contributed by atoms with Crippen LogP contribution >= 0.6 is 11.8 Å². The number of hydrogen-bond donors (Lipinski definition) is 1. The molecule has 1 amide bonds. The van der Waals surface area contributed by atoms with Crippen molar-refractivity contribution < 1.29 is 4.79 Å². The molecule has 1 N–H and O–H groups in total. The van der Waals surface area contributed by atoms with Crippen molar-refractivity contribution in [3.8, 4) is 5.69 Å². The lowest BCUT2D eigenvalue weighted by Gasteiger charge is -2.33. The Labute approximate surface area is 210 Å². The Morgan fingerprint density at radius 1 is 1.11 bits per heavy atom. The third kappa shape index (κ3) is 5.03. The van der Waals surface area contributed by atoms with E-state index < -0.39 is 0 Å². The third-order valence-electron chi connectivity index (χ3n) is 6.66. The van der Waals surface area contributed by atoms with Crippen molar-refractivity contribution >= 4 is 34.5 Å². The smallest absolute Gasteiger partial charge is 0.225 e. The summed E-state index contributed by atoms with van der Waals surface area (Å²) in [4.78, 5) is 25.6. The number of nitrogens with zero attached hydrogens (tertiary/aromatic N) is 5. The van der Waals surface area contributed by atoms with Gasteiger partial charge >= 0.3 is 0 Å². The average molecular weight is 487 g/mol. The number of carbonyl (C=O) groups excluding carboxylic acids is 1. The number of aromatic nitrogens is 4. The van der Waals surface area contributed by atoms with Crippen LogP contribution in [0.2, 0.25) is 0 Å². The predicted molar refractivity (Wildman–Crippen MR) is 141 cm³/mol. The summed E-state index contributed by atoms with van der Waals surface area (Å²) in [5.74, 6) is 0.845. The fourth-order valence-electron chi connectivity index (χ4n) is 4.60. The summed E-state index contributed by atoms with van der Waals surface area (Å²) in [5, 5.41) is 8.79. The van der Waals surface area contributed by atoms with Crippen molar-refractivity contribution in [3.05, 3.63) is 72.2 Å². The van der Waals surface area contributed by atoms with Crippen LogP contribution in [0, 0.1) is 12.8 Å². The minimum absolute atomic E-state index is 0.0349. The molecular formula is C27H30N6OS. The molecule has 0 spiro atoms. The normalized spacial score (nSPS) is 16.9. The Bertz CT molecular complexity index is 1320. The van der Waals surface area contributed by atoms with Gasteiger partial charge in [-0.1, -0.05) is 29.8 Å². The SMILES string of the molecule is CSc1ccc([C@H](C)NC(=O)[C@@H]2CCCN(c3ncnc4nn(-c5ccc(C)cc5)cc34)C2)cc1. The van der Waals surface area contributed by atoms with Crippen LogP contribution in [0.4, 0.5) is 5.82 Å². The van der Waals surface area contributed by atoms with Gasteiger partial charge in [-0.15, -0.1) is 16.9 Å². The summed E-state index contributed by atoms with van der Waals surface area (Å²) < 4.78 is 1.85. The standard InChI is InChI=1S/C27H30N6OS/c1-18-6-10-22(11-7-18)33-16-24-25(31-33)28-17-29-26(24)32-14-4-5-21(15-32)27(34)30-19(2)20-8-12-23(35-3)13-9-20/h6-13,16-17,19,21H,4-5,14-15H2,1-3H3,(H,30,34)/t19-,21+/m0/s1. The maximum Gasteiger partial charge on any atom is 0.225 e. The molecule has 2 aromatic carbocycles. The number of piperidine rings is 1. The highest BCUT2D eigenvalue weighted by atomic mass is 32.2. The third-order valence-corrected chi connectivity index (χ3v) is 7.40. The predicted octanol–water partition coefficient (Wildman–Crippen LogP) is 4.94. The number of anilines is 1. The Balaban J connectivity index is 1.32. The van der Waals surface area contributed by atoms with Crippen LogP contribution in [0.5, 0.6) is 0 Å². The summed E-state index contributed by atoms with van der Waals surface area (Å²) in [6, 6.07) is 16.6. The second-order valence-corrected chi connectivity index (χ2v) is 10.0. The summed E-state index contributed by atoms with van der Waals surface area (Å²) in [6.45, 7) is 5.60. The number of aryl methyl sites for hydroxylation is 1. The molecule has 0 bridgehead atoms. The Hall–Kier alpha value is -3.39. The van der Waals surface area contributed by atoms with Crippen LogP contribution in [0.25, 0.3) is 16.7 Å². The van der Waals surface area contributed by atoms with Gasteiger partial charge in [-0.25, -0.2) is 14.6 Å². The number of amides is 1.